The zero-order chi connectivity index (χ0) is 19.9. The molecule has 0 bridgehead atoms. The van der Waals surface area contributed by atoms with Crippen LogP contribution in [-0.4, -0.2) is 24.8 Å². The van der Waals surface area contributed by atoms with Crippen molar-refractivity contribution in [2.75, 3.05) is 6.61 Å². The second kappa shape index (κ2) is 9.21. The molecule has 1 unspecified atom stereocenters. The van der Waals surface area contributed by atoms with Crippen LogP contribution in [0.1, 0.15) is 45.7 Å². The number of amides is 1. The quantitative estimate of drug-likeness (QED) is 0.585. The molecule has 5 nitrogen and oxygen atoms in total. The molecule has 0 spiro atoms. The first-order valence-electron chi connectivity index (χ1n) is 9.12. The molecular formula is C22H28N2O3. The van der Waals surface area contributed by atoms with E-state index < -0.39 is 6.10 Å². The predicted octanol–water partition coefficient (Wildman–Crippen LogP) is 4.30. The Morgan fingerprint density at radius 3 is 2.22 bits per heavy atom. The fraction of sp³-hybridized carbons (Fsp3) is 0.364. The summed E-state index contributed by atoms with van der Waals surface area (Å²) in [5.74, 6) is 1.15. The standard InChI is InChI=1S/C22H28N2O3/c1-6-26-19-11-7-17(8-12-19)15-23-24-21(25)16(2)27-20-13-9-18(10-14-20)22(3,4)5/h7-16H,6H2,1-5H3,(H,24,25)/b23-15+. The van der Waals surface area contributed by atoms with Crippen LogP contribution in [-0.2, 0) is 10.2 Å². The number of carbonyl (C=O) groups excluding carboxylic acids is 1. The lowest BCUT2D eigenvalue weighted by Crippen LogP contribution is -2.33. The van der Waals surface area contributed by atoms with E-state index >= 15 is 0 Å². The number of nitrogens with one attached hydrogen (secondary N) is 1. The monoisotopic (exact) mass is 368 g/mol. The summed E-state index contributed by atoms with van der Waals surface area (Å²) < 4.78 is 11.1. The Morgan fingerprint density at radius 2 is 1.67 bits per heavy atom. The average molecular weight is 368 g/mol. The number of nitrogens with zero attached hydrogens (tertiary/aromatic N) is 1. The van der Waals surface area contributed by atoms with E-state index in [2.05, 4.69) is 31.3 Å². The predicted molar refractivity (Wildman–Crippen MR) is 109 cm³/mol. The van der Waals surface area contributed by atoms with Crippen molar-refractivity contribution in [3.8, 4) is 11.5 Å². The van der Waals surface area contributed by atoms with Crippen molar-refractivity contribution >= 4 is 12.1 Å². The molecule has 0 heterocycles. The van der Waals surface area contributed by atoms with E-state index in [4.69, 9.17) is 9.47 Å². The lowest BCUT2D eigenvalue weighted by Gasteiger charge is -2.19. The summed E-state index contributed by atoms with van der Waals surface area (Å²) in [6, 6.07) is 15.3. The molecule has 0 aliphatic heterocycles. The Labute approximate surface area is 161 Å². The molecule has 1 N–H and O–H groups in total. The van der Waals surface area contributed by atoms with E-state index in [0.717, 1.165) is 11.3 Å². The van der Waals surface area contributed by atoms with Crippen LogP contribution in [0.2, 0.25) is 0 Å². The third kappa shape index (κ3) is 6.44. The van der Waals surface area contributed by atoms with Gasteiger partial charge in [-0.1, -0.05) is 32.9 Å². The summed E-state index contributed by atoms with van der Waals surface area (Å²) in [6.45, 7) is 10.7. The number of hydrazone groups is 1. The molecule has 2 aromatic carbocycles. The summed E-state index contributed by atoms with van der Waals surface area (Å²) in [5, 5.41) is 3.98. The summed E-state index contributed by atoms with van der Waals surface area (Å²) in [7, 11) is 0. The number of ether oxygens (including phenoxy) is 2. The molecule has 0 saturated carbocycles. The van der Waals surface area contributed by atoms with Gasteiger partial charge in [-0.25, -0.2) is 5.43 Å². The Hall–Kier alpha value is -2.82. The minimum Gasteiger partial charge on any atom is -0.494 e. The highest BCUT2D eigenvalue weighted by molar-refractivity contribution is 5.84. The highest BCUT2D eigenvalue weighted by Gasteiger charge is 2.16. The fourth-order valence-corrected chi connectivity index (χ4v) is 2.37. The summed E-state index contributed by atoms with van der Waals surface area (Å²) in [4.78, 5) is 12.1. The zero-order valence-corrected chi connectivity index (χ0v) is 16.7. The van der Waals surface area contributed by atoms with Crippen molar-refractivity contribution in [3.63, 3.8) is 0 Å². The molecule has 0 fully saturated rings. The van der Waals surface area contributed by atoms with Gasteiger partial charge in [-0.3, -0.25) is 4.79 Å². The molecule has 2 rings (SSSR count). The molecule has 144 valence electrons. The molecule has 0 aliphatic carbocycles. The minimum absolute atomic E-state index is 0.0805. The van der Waals surface area contributed by atoms with Crippen LogP contribution < -0.4 is 14.9 Å². The number of carbonyl (C=O) groups is 1. The van der Waals surface area contributed by atoms with Gasteiger partial charge in [-0.2, -0.15) is 5.10 Å². The topological polar surface area (TPSA) is 59.9 Å². The van der Waals surface area contributed by atoms with Crippen LogP contribution in [0.15, 0.2) is 53.6 Å². The Kier molecular flexibility index (Phi) is 6.99. The fourth-order valence-electron chi connectivity index (χ4n) is 2.37. The normalized spacial score (nSPS) is 12.6. The Bertz CT molecular complexity index is 760. The third-order valence-corrected chi connectivity index (χ3v) is 3.98. The molecular weight excluding hydrogens is 340 g/mol. The molecule has 5 heteroatoms. The van der Waals surface area contributed by atoms with E-state index in [1.54, 1.807) is 13.1 Å². The third-order valence-electron chi connectivity index (χ3n) is 3.98. The molecule has 1 atom stereocenters. The lowest BCUT2D eigenvalue weighted by atomic mass is 9.87. The first-order valence-corrected chi connectivity index (χ1v) is 9.12. The van der Waals surface area contributed by atoms with E-state index in [-0.39, 0.29) is 11.3 Å². The Morgan fingerprint density at radius 1 is 1.07 bits per heavy atom. The largest absolute Gasteiger partial charge is 0.494 e. The van der Waals surface area contributed by atoms with Gasteiger partial charge in [0, 0.05) is 0 Å². The summed E-state index contributed by atoms with van der Waals surface area (Å²) in [6.07, 6.45) is 0.932. The van der Waals surface area contributed by atoms with Gasteiger partial charge in [0.1, 0.15) is 11.5 Å². The van der Waals surface area contributed by atoms with Crippen LogP contribution in [0.25, 0.3) is 0 Å². The van der Waals surface area contributed by atoms with Crippen molar-refractivity contribution in [2.45, 2.75) is 46.1 Å². The maximum Gasteiger partial charge on any atom is 0.280 e. The Balaban J connectivity index is 1.86. The maximum absolute atomic E-state index is 12.1. The molecule has 0 saturated heterocycles. The van der Waals surface area contributed by atoms with E-state index in [1.807, 2.05) is 55.5 Å². The average Bonchev–Trinajstić information content (AvgIpc) is 2.63. The van der Waals surface area contributed by atoms with Gasteiger partial charge in [0.05, 0.1) is 12.8 Å². The van der Waals surface area contributed by atoms with Crippen LogP contribution in [0.3, 0.4) is 0 Å². The van der Waals surface area contributed by atoms with E-state index in [1.165, 1.54) is 5.56 Å². The molecule has 27 heavy (non-hydrogen) atoms. The maximum atomic E-state index is 12.1. The van der Waals surface area contributed by atoms with Crippen molar-refractivity contribution in [3.05, 3.63) is 59.7 Å². The van der Waals surface area contributed by atoms with Crippen LogP contribution in [0.5, 0.6) is 11.5 Å². The number of hydrogen-bond donors (Lipinski definition) is 1. The number of hydrogen-bond acceptors (Lipinski definition) is 4. The summed E-state index contributed by atoms with van der Waals surface area (Å²) >= 11 is 0. The molecule has 0 aliphatic rings. The van der Waals surface area contributed by atoms with Crippen molar-refractivity contribution in [2.24, 2.45) is 5.10 Å². The van der Waals surface area contributed by atoms with Crippen LogP contribution in [0, 0.1) is 0 Å². The number of rotatable bonds is 7. The molecule has 1 amide bonds. The van der Waals surface area contributed by atoms with Crippen molar-refractivity contribution < 1.29 is 14.3 Å². The number of benzene rings is 2. The molecule has 2 aromatic rings. The molecule has 0 aromatic heterocycles. The van der Waals surface area contributed by atoms with Gasteiger partial charge in [0.25, 0.3) is 5.91 Å². The first kappa shape index (κ1) is 20.5. The lowest BCUT2D eigenvalue weighted by molar-refractivity contribution is -0.127. The van der Waals surface area contributed by atoms with Gasteiger partial charge in [0.2, 0.25) is 0 Å². The van der Waals surface area contributed by atoms with Gasteiger partial charge in [0.15, 0.2) is 6.10 Å². The highest BCUT2D eigenvalue weighted by Crippen LogP contribution is 2.24. The highest BCUT2D eigenvalue weighted by atomic mass is 16.5. The SMILES string of the molecule is CCOc1ccc(/C=N/NC(=O)C(C)Oc2ccc(C(C)(C)C)cc2)cc1. The van der Waals surface area contributed by atoms with Crippen molar-refractivity contribution in [1.82, 2.24) is 5.43 Å². The van der Waals surface area contributed by atoms with E-state index in [9.17, 15) is 4.79 Å². The zero-order valence-electron chi connectivity index (χ0n) is 16.7. The second-order valence-electron chi connectivity index (χ2n) is 7.27. The second-order valence-corrected chi connectivity index (χ2v) is 7.27. The minimum atomic E-state index is -0.650. The van der Waals surface area contributed by atoms with Gasteiger partial charge < -0.3 is 9.47 Å². The van der Waals surface area contributed by atoms with Crippen molar-refractivity contribution in [1.29, 1.82) is 0 Å². The molecule has 0 radical (unpaired) electrons. The van der Waals surface area contributed by atoms with Gasteiger partial charge in [-0.15, -0.1) is 0 Å². The first-order chi connectivity index (χ1) is 12.8. The van der Waals surface area contributed by atoms with E-state index in [0.29, 0.717) is 12.4 Å². The van der Waals surface area contributed by atoms with Crippen LogP contribution in [0.4, 0.5) is 0 Å². The summed E-state index contributed by atoms with van der Waals surface area (Å²) in [5.41, 5.74) is 4.66. The van der Waals surface area contributed by atoms with Crippen LogP contribution >= 0.6 is 0 Å². The van der Waals surface area contributed by atoms with Gasteiger partial charge >= 0.3 is 0 Å². The van der Waals surface area contributed by atoms with Gasteiger partial charge in [-0.05, 0) is 66.8 Å². The smallest absolute Gasteiger partial charge is 0.280 e.